The molecular formula is C13H27NO. The minimum atomic E-state index is 0.304. The summed E-state index contributed by atoms with van der Waals surface area (Å²) < 4.78 is 5.73. The molecule has 1 saturated carbocycles. The van der Waals surface area contributed by atoms with E-state index in [-0.39, 0.29) is 0 Å². The van der Waals surface area contributed by atoms with Gasteiger partial charge in [-0.1, -0.05) is 27.7 Å². The second kappa shape index (κ2) is 5.31. The molecule has 2 heteroatoms. The summed E-state index contributed by atoms with van der Waals surface area (Å²) in [4.78, 5) is 0. The van der Waals surface area contributed by atoms with E-state index in [2.05, 4.69) is 39.9 Å². The van der Waals surface area contributed by atoms with Crippen LogP contribution < -0.4 is 5.32 Å². The van der Waals surface area contributed by atoms with Crippen LogP contribution in [0.5, 0.6) is 0 Å². The van der Waals surface area contributed by atoms with Gasteiger partial charge in [0.15, 0.2) is 0 Å². The highest BCUT2D eigenvalue weighted by atomic mass is 16.5. The molecule has 15 heavy (non-hydrogen) atoms. The zero-order valence-corrected chi connectivity index (χ0v) is 11.0. The number of hydrogen-bond acceptors (Lipinski definition) is 2. The second-order valence-electron chi connectivity index (χ2n) is 5.23. The van der Waals surface area contributed by atoms with Crippen molar-refractivity contribution in [1.29, 1.82) is 0 Å². The van der Waals surface area contributed by atoms with Gasteiger partial charge in [-0.3, -0.25) is 0 Å². The summed E-state index contributed by atoms with van der Waals surface area (Å²) in [6.07, 6.45) is 4.08. The first kappa shape index (κ1) is 13.0. The molecule has 1 fully saturated rings. The molecule has 0 amide bonds. The fourth-order valence-corrected chi connectivity index (χ4v) is 2.46. The Hall–Kier alpha value is -0.0800. The van der Waals surface area contributed by atoms with Crippen molar-refractivity contribution in [3.05, 3.63) is 0 Å². The monoisotopic (exact) mass is 213 g/mol. The Morgan fingerprint density at radius 3 is 2.27 bits per heavy atom. The van der Waals surface area contributed by atoms with Crippen molar-refractivity contribution in [2.24, 2.45) is 5.41 Å². The standard InChI is InChI=1S/C13H27NO/c1-6-10(7-2)14-11-9-12(15-8-3)13(11,4)5/h10-12,14H,6-9H2,1-5H3. The van der Waals surface area contributed by atoms with E-state index in [0.29, 0.717) is 23.6 Å². The van der Waals surface area contributed by atoms with Crippen molar-refractivity contribution in [2.75, 3.05) is 6.61 Å². The van der Waals surface area contributed by atoms with Gasteiger partial charge < -0.3 is 10.1 Å². The average Bonchev–Trinajstić information content (AvgIpc) is 2.22. The predicted octanol–water partition coefficient (Wildman–Crippen LogP) is 2.97. The van der Waals surface area contributed by atoms with Crippen LogP contribution in [0, 0.1) is 5.41 Å². The zero-order valence-electron chi connectivity index (χ0n) is 11.0. The topological polar surface area (TPSA) is 21.3 Å². The molecule has 90 valence electrons. The molecule has 2 nitrogen and oxygen atoms in total. The van der Waals surface area contributed by atoms with Crippen molar-refractivity contribution in [1.82, 2.24) is 5.32 Å². The van der Waals surface area contributed by atoms with E-state index in [1.54, 1.807) is 0 Å². The summed E-state index contributed by atoms with van der Waals surface area (Å²) in [5.74, 6) is 0. The molecule has 1 aliphatic rings. The first-order valence-electron chi connectivity index (χ1n) is 6.43. The summed E-state index contributed by atoms with van der Waals surface area (Å²) in [5, 5.41) is 3.75. The Balaban J connectivity index is 2.40. The van der Waals surface area contributed by atoms with Gasteiger partial charge in [-0.25, -0.2) is 0 Å². The molecule has 0 radical (unpaired) electrons. The van der Waals surface area contributed by atoms with E-state index in [4.69, 9.17) is 4.74 Å². The fourth-order valence-electron chi connectivity index (χ4n) is 2.46. The minimum Gasteiger partial charge on any atom is -0.378 e. The number of ether oxygens (including phenoxy) is 1. The SMILES string of the molecule is CCOC1CC(NC(CC)CC)C1(C)C. The Morgan fingerprint density at radius 1 is 1.27 bits per heavy atom. The lowest BCUT2D eigenvalue weighted by Gasteiger charge is -2.53. The largest absolute Gasteiger partial charge is 0.378 e. The van der Waals surface area contributed by atoms with Gasteiger partial charge in [-0.05, 0) is 26.2 Å². The molecule has 0 heterocycles. The van der Waals surface area contributed by atoms with Crippen LogP contribution in [-0.2, 0) is 4.74 Å². The molecular weight excluding hydrogens is 186 g/mol. The smallest absolute Gasteiger partial charge is 0.0655 e. The molecule has 1 rings (SSSR count). The Bertz CT molecular complexity index is 187. The number of hydrogen-bond donors (Lipinski definition) is 1. The summed E-state index contributed by atoms with van der Waals surface area (Å²) >= 11 is 0. The van der Waals surface area contributed by atoms with Crippen LogP contribution >= 0.6 is 0 Å². The Morgan fingerprint density at radius 2 is 1.87 bits per heavy atom. The van der Waals surface area contributed by atoms with E-state index >= 15 is 0 Å². The summed E-state index contributed by atoms with van der Waals surface area (Å²) in [6, 6.07) is 1.32. The molecule has 0 aromatic heterocycles. The van der Waals surface area contributed by atoms with Gasteiger partial charge in [-0.2, -0.15) is 0 Å². The van der Waals surface area contributed by atoms with Gasteiger partial charge in [0.1, 0.15) is 0 Å². The summed E-state index contributed by atoms with van der Waals surface area (Å²) in [7, 11) is 0. The highest BCUT2D eigenvalue weighted by Gasteiger charge is 2.48. The van der Waals surface area contributed by atoms with Gasteiger partial charge in [0.2, 0.25) is 0 Å². The Kier molecular flexibility index (Phi) is 4.60. The fraction of sp³-hybridized carbons (Fsp3) is 1.00. The van der Waals surface area contributed by atoms with Crippen molar-refractivity contribution >= 4 is 0 Å². The summed E-state index contributed by atoms with van der Waals surface area (Å²) in [5.41, 5.74) is 0.304. The second-order valence-corrected chi connectivity index (χ2v) is 5.23. The molecule has 0 aliphatic heterocycles. The molecule has 0 aromatic carbocycles. The van der Waals surface area contributed by atoms with Gasteiger partial charge in [0.05, 0.1) is 6.10 Å². The third-order valence-corrected chi connectivity index (χ3v) is 3.97. The van der Waals surface area contributed by atoms with Crippen LogP contribution in [0.15, 0.2) is 0 Å². The normalized spacial score (nSPS) is 29.2. The molecule has 2 atom stereocenters. The van der Waals surface area contributed by atoms with Gasteiger partial charge >= 0.3 is 0 Å². The first-order valence-corrected chi connectivity index (χ1v) is 6.43. The highest BCUT2D eigenvalue weighted by Crippen LogP contribution is 2.43. The molecule has 0 aromatic rings. The highest BCUT2D eigenvalue weighted by molar-refractivity contribution is 5.03. The molecule has 0 saturated heterocycles. The predicted molar refractivity (Wildman–Crippen MR) is 65.1 cm³/mol. The zero-order chi connectivity index (χ0) is 11.5. The van der Waals surface area contributed by atoms with E-state index in [0.717, 1.165) is 6.61 Å². The lowest BCUT2D eigenvalue weighted by Crippen LogP contribution is -2.62. The van der Waals surface area contributed by atoms with Gasteiger partial charge in [0.25, 0.3) is 0 Å². The molecule has 1 N–H and O–H groups in total. The van der Waals surface area contributed by atoms with Gasteiger partial charge in [0, 0.05) is 24.1 Å². The van der Waals surface area contributed by atoms with Crippen molar-refractivity contribution < 1.29 is 4.74 Å². The average molecular weight is 213 g/mol. The molecule has 1 aliphatic carbocycles. The number of rotatable bonds is 6. The third kappa shape index (κ3) is 2.73. The van der Waals surface area contributed by atoms with E-state index in [1.165, 1.54) is 19.3 Å². The van der Waals surface area contributed by atoms with Crippen LogP contribution in [-0.4, -0.2) is 24.8 Å². The third-order valence-electron chi connectivity index (χ3n) is 3.97. The van der Waals surface area contributed by atoms with Crippen LogP contribution in [0.1, 0.15) is 53.9 Å². The van der Waals surface area contributed by atoms with Crippen molar-refractivity contribution in [3.63, 3.8) is 0 Å². The first-order chi connectivity index (χ1) is 7.06. The lowest BCUT2D eigenvalue weighted by atomic mass is 9.64. The van der Waals surface area contributed by atoms with E-state index in [1.807, 2.05) is 0 Å². The van der Waals surface area contributed by atoms with Gasteiger partial charge in [-0.15, -0.1) is 0 Å². The van der Waals surface area contributed by atoms with Crippen LogP contribution in [0.4, 0.5) is 0 Å². The minimum absolute atomic E-state index is 0.304. The molecule has 2 unspecified atom stereocenters. The van der Waals surface area contributed by atoms with Crippen LogP contribution in [0.3, 0.4) is 0 Å². The maximum atomic E-state index is 5.73. The Labute approximate surface area is 94.8 Å². The molecule has 0 spiro atoms. The number of nitrogens with one attached hydrogen (secondary N) is 1. The molecule has 0 bridgehead atoms. The van der Waals surface area contributed by atoms with Crippen molar-refractivity contribution in [3.8, 4) is 0 Å². The quantitative estimate of drug-likeness (QED) is 0.732. The van der Waals surface area contributed by atoms with E-state index < -0.39 is 0 Å². The van der Waals surface area contributed by atoms with Crippen molar-refractivity contribution in [2.45, 2.75) is 72.1 Å². The maximum absolute atomic E-state index is 5.73. The summed E-state index contributed by atoms with van der Waals surface area (Å²) in [6.45, 7) is 12.1. The lowest BCUT2D eigenvalue weighted by molar-refractivity contribution is -0.116. The van der Waals surface area contributed by atoms with Crippen LogP contribution in [0.2, 0.25) is 0 Å². The maximum Gasteiger partial charge on any atom is 0.0655 e. The van der Waals surface area contributed by atoms with Crippen LogP contribution in [0.25, 0.3) is 0 Å². The van der Waals surface area contributed by atoms with E-state index in [9.17, 15) is 0 Å².